The third-order valence-electron chi connectivity index (χ3n) is 5.39. The van der Waals surface area contributed by atoms with Crippen molar-refractivity contribution in [3.63, 3.8) is 0 Å². The third kappa shape index (κ3) is 3.13. The number of aromatic nitrogens is 2. The van der Waals surface area contributed by atoms with E-state index in [1.165, 1.54) is 0 Å². The van der Waals surface area contributed by atoms with E-state index in [1.807, 2.05) is 48.5 Å². The topological polar surface area (TPSA) is 80.9 Å². The molecule has 3 aromatic rings. The van der Waals surface area contributed by atoms with Crippen LogP contribution in [0.5, 0.6) is 0 Å². The summed E-state index contributed by atoms with van der Waals surface area (Å²) in [6.45, 7) is 2.88. The molecule has 0 aliphatic heterocycles. The smallest absolute Gasteiger partial charge is 0.323 e. The second-order valence-electron chi connectivity index (χ2n) is 7.16. The number of H-pyrrole nitrogens is 2. The first-order valence-corrected chi connectivity index (χ1v) is 8.76. The lowest BCUT2D eigenvalue weighted by molar-refractivity contribution is 0.0903. The molecule has 2 aromatic carbocycles. The van der Waals surface area contributed by atoms with Crippen LogP contribution in [0.15, 0.2) is 53.3 Å². The number of fused-ring (bicyclic) bond motifs is 1. The summed E-state index contributed by atoms with van der Waals surface area (Å²) >= 11 is 0. The second kappa shape index (κ2) is 6.17. The maximum absolute atomic E-state index is 11.4. The van der Waals surface area contributed by atoms with E-state index in [4.69, 9.17) is 0 Å². The van der Waals surface area contributed by atoms with Gasteiger partial charge in [-0.25, -0.2) is 4.79 Å². The van der Waals surface area contributed by atoms with Crippen LogP contribution in [0.3, 0.4) is 0 Å². The fourth-order valence-corrected chi connectivity index (χ4v) is 3.49. The van der Waals surface area contributed by atoms with Gasteiger partial charge in [-0.15, -0.1) is 0 Å². The Hall–Kier alpha value is -2.37. The van der Waals surface area contributed by atoms with Crippen molar-refractivity contribution in [1.82, 2.24) is 15.3 Å². The molecule has 1 aliphatic carbocycles. The van der Waals surface area contributed by atoms with Gasteiger partial charge in [0.25, 0.3) is 0 Å². The first kappa shape index (κ1) is 16.1. The number of rotatable bonds is 6. The average molecular weight is 337 g/mol. The van der Waals surface area contributed by atoms with Gasteiger partial charge in [-0.3, -0.25) is 0 Å². The highest BCUT2D eigenvalue weighted by Gasteiger charge is 2.49. The van der Waals surface area contributed by atoms with Crippen molar-refractivity contribution >= 4 is 11.0 Å². The fourth-order valence-electron chi connectivity index (χ4n) is 3.49. The molecule has 5 nitrogen and oxygen atoms in total. The summed E-state index contributed by atoms with van der Waals surface area (Å²) in [7, 11) is 0. The average Bonchev–Trinajstić information content (AvgIpc) is 3.33. The molecule has 1 aromatic heterocycles. The Labute approximate surface area is 146 Å². The summed E-state index contributed by atoms with van der Waals surface area (Å²) in [6, 6.07) is 16.0. The van der Waals surface area contributed by atoms with Crippen LogP contribution in [0, 0.1) is 5.41 Å². The van der Waals surface area contributed by atoms with Crippen molar-refractivity contribution in [3.8, 4) is 0 Å². The quantitative estimate of drug-likeness (QED) is 0.558. The van der Waals surface area contributed by atoms with Crippen LogP contribution < -0.4 is 11.0 Å². The maximum atomic E-state index is 11.4. The van der Waals surface area contributed by atoms with Crippen molar-refractivity contribution in [1.29, 1.82) is 0 Å². The number of hydrogen-bond donors (Lipinski definition) is 4. The highest BCUT2D eigenvalue weighted by Crippen LogP contribution is 2.54. The second-order valence-corrected chi connectivity index (χ2v) is 7.16. The minimum atomic E-state index is -0.433. The van der Waals surface area contributed by atoms with Crippen LogP contribution >= 0.6 is 0 Å². The molecule has 130 valence electrons. The first-order valence-electron chi connectivity index (χ1n) is 8.76. The maximum Gasteiger partial charge on any atom is 0.323 e. The van der Waals surface area contributed by atoms with Crippen molar-refractivity contribution in [2.24, 2.45) is 5.41 Å². The number of aromatic amines is 2. The van der Waals surface area contributed by atoms with E-state index >= 15 is 0 Å². The largest absolute Gasteiger partial charge is 0.388 e. The molecule has 4 N–H and O–H groups in total. The Kier molecular flexibility index (Phi) is 3.98. The highest BCUT2D eigenvalue weighted by molar-refractivity contribution is 5.75. The molecule has 0 amide bonds. The SMILES string of the molecule is CC(NCC1(C(O)c2ccccc2)CC1)c1ccc2[nH]c(=O)[nH]c2c1. The van der Waals surface area contributed by atoms with Gasteiger partial charge in [0.1, 0.15) is 0 Å². The summed E-state index contributed by atoms with van der Waals surface area (Å²) in [5.41, 5.74) is 3.49. The van der Waals surface area contributed by atoms with Crippen LogP contribution in [-0.4, -0.2) is 21.6 Å². The Bertz CT molecular complexity index is 925. The number of aliphatic hydroxyl groups excluding tert-OH is 1. The minimum absolute atomic E-state index is 0.0673. The molecule has 4 rings (SSSR count). The number of imidazole rings is 1. The van der Waals surface area contributed by atoms with Gasteiger partial charge in [-0.2, -0.15) is 0 Å². The number of aliphatic hydroxyl groups is 1. The molecule has 1 saturated carbocycles. The van der Waals surface area contributed by atoms with Crippen LogP contribution in [0.1, 0.15) is 43.0 Å². The zero-order chi connectivity index (χ0) is 17.4. The van der Waals surface area contributed by atoms with Gasteiger partial charge in [-0.1, -0.05) is 36.4 Å². The van der Waals surface area contributed by atoms with Gasteiger partial charge in [0.2, 0.25) is 0 Å². The van der Waals surface area contributed by atoms with Crippen LogP contribution in [-0.2, 0) is 0 Å². The molecule has 1 aliphatic rings. The van der Waals surface area contributed by atoms with Gasteiger partial charge in [0.05, 0.1) is 17.1 Å². The van der Waals surface area contributed by atoms with E-state index in [2.05, 4.69) is 22.2 Å². The zero-order valence-electron chi connectivity index (χ0n) is 14.3. The van der Waals surface area contributed by atoms with Gasteiger partial charge in [-0.05, 0) is 43.0 Å². The number of benzene rings is 2. The van der Waals surface area contributed by atoms with Gasteiger partial charge >= 0.3 is 5.69 Å². The zero-order valence-corrected chi connectivity index (χ0v) is 14.3. The highest BCUT2D eigenvalue weighted by atomic mass is 16.3. The van der Waals surface area contributed by atoms with Crippen molar-refractivity contribution < 1.29 is 5.11 Å². The van der Waals surface area contributed by atoms with Gasteiger partial charge < -0.3 is 20.4 Å². The van der Waals surface area contributed by atoms with E-state index in [9.17, 15) is 9.90 Å². The molecule has 5 heteroatoms. The predicted molar refractivity (Wildman–Crippen MR) is 98.4 cm³/mol. The van der Waals surface area contributed by atoms with Crippen LogP contribution in [0.2, 0.25) is 0 Å². The molecule has 0 bridgehead atoms. The molecule has 0 spiro atoms. The minimum Gasteiger partial charge on any atom is -0.388 e. The van der Waals surface area contributed by atoms with Gasteiger partial charge in [0.15, 0.2) is 0 Å². The summed E-state index contributed by atoms with van der Waals surface area (Å²) < 4.78 is 0. The van der Waals surface area contributed by atoms with Crippen LogP contribution in [0.25, 0.3) is 11.0 Å². The summed E-state index contributed by atoms with van der Waals surface area (Å²) in [6.07, 6.45) is 1.64. The lowest BCUT2D eigenvalue weighted by atomic mass is 9.92. The Balaban J connectivity index is 1.45. The third-order valence-corrected chi connectivity index (χ3v) is 5.39. The molecular formula is C20H23N3O2. The summed E-state index contributed by atoms with van der Waals surface area (Å²) in [5, 5.41) is 14.3. The van der Waals surface area contributed by atoms with Crippen molar-refractivity contribution in [2.45, 2.75) is 31.9 Å². The number of hydrogen-bond acceptors (Lipinski definition) is 3. The van der Waals surface area contributed by atoms with E-state index in [-0.39, 0.29) is 17.1 Å². The lowest BCUT2D eigenvalue weighted by Gasteiger charge is -2.25. The molecular weight excluding hydrogens is 314 g/mol. The Morgan fingerprint density at radius 2 is 1.80 bits per heavy atom. The summed E-state index contributed by atoms with van der Waals surface area (Å²) in [4.78, 5) is 16.9. The Morgan fingerprint density at radius 3 is 2.52 bits per heavy atom. The van der Waals surface area contributed by atoms with E-state index in [1.54, 1.807) is 0 Å². The van der Waals surface area contributed by atoms with Crippen molar-refractivity contribution in [2.75, 3.05) is 6.54 Å². The van der Waals surface area contributed by atoms with E-state index < -0.39 is 6.10 Å². The standard InChI is InChI=1S/C20H23N3O2/c1-13(15-7-8-16-17(11-15)23-19(25)22-16)21-12-20(9-10-20)18(24)14-5-3-2-4-6-14/h2-8,11,13,18,21,24H,9-10,12H2,1H3,(H2,22,23,25). The molecule has 0 radical (unpaired) electrons. The normalized spacial score (nSPS) is 18.2. The lowest BCUT2D eigenvalue weighted by Crippen LogP contribution is -2.30. The molecule has 1 heterocycles. The van der Waals surface area contributed by atoms with Crippen molar-refractivity contribution in [3.05, 3.63) is 70.1 Å². The Morgan fingerprint density at radius 1 is 1.08 bits per heavy atom. The molecule has 2 unspecified atom stereocenters. The molecule has 25 heavy (non-hydrogen) atoms. The molecule has 2 atom stereocenters. The van der Waals surface area contributed by atoms with Crippen LogP contribution in [0.4, 0.5) is 0 Å². The van der Waals surface area contributed by atoms with Gasteiger partial charge in [0, 0.05) is 18.0 Å². The predicted octanol–water partition coefficient (Wildman–Crippen LogP) is 3.02. The monoisotopic (exact) mass is 337 g/mol. The molecule has 0 saturated heterocycles. The molecule has 1 fully saturated rings. The van der Waals surface area contributed by atoms with E-state index in [0.29, 0.717) is 0 Å². The number of nitrogens with one attached hydrogen (secondary N) is 3. The summed E-state index contributed by atoms with van der Waals surface area (Å²) in [5.74, 6) is 0. The van der Waals surface area contributed by atoms with E-state index in [0.717, 1.165) is 41.5 Å². The first-order chi connectivity index (χ1) is 12.1. The fraction of sp³-hybridized carbons (Fsp3) is 0.350.